The van der Waals surface area contributed by atoms with Gasteiger partial charge in [0.25, 0.3) is 0 Å². The largest absolute Gasteiger partial charge is 0.546 e. The van der Waals surface area contributed by atoms with Crippen molar-refractivity contribution < 1.29 is 8.85 Å². The highest BCUT2D eigenvalue weighted by Crippen LogP contribution is 2.41. The van der Waals surface area contributed by atoms with Crippen molar-refractivity contribution in [1.29, 1.82) is 0 Å². The van der Waals surface area contributed by atoms with Gasteiger partial charge in [0.05, 0.1) is 0 Å². The lowest BCUT2D eigenvalue weighted by atomic mass is 9.84. The van der Waals surface area contributed by atoms with Crippen molar-refractivity contribution in [2.45, 2.75) is 104 Å². The van der Waals surface area contributed by atoms with Crippen LogP contribution in [0.15, 0.2) is 11.8 Å². The Labute approximate surface area is 147 Å². The molecule has 0 N–H and O–H groups in total. The highest BCUT2D eigenvalue weighted by molar-refractivity contribution is 6.74. The molecule has 1 aliphatic carbocycles. The van der Waals surface area contributed by atoms with E-state index in [4.69, 9.17) is 8.85 Å². The standard InChI is InChI=1S/C19H40O2Si2/c1-10-17(20-22(5,6)7)18(16-14-12-11-13-15-16)21-23(8,9)19(2,3)4/h10,16,18H,11-15H2,1-9H3/b17-10-/t18-/m1/s1. The minimum atomic E-state index is -1.81. The summed E-state index contributed by atoms with van der Waals surface area (Å²) in [5.74, 6) is 1.74. The molecule has 1 rings (SSSR count). The molecule has 136 valence electrons. The predicted octanol–water partition coefficient (Wildman–Crippen LogP) is 6.71. The molecule has 1 aliphatic rings. The molecule has 0 amide bonds. The molecule has 1 atom stereocenters. The second kappa shape index (κ2) is 7.88. The van der Waals surface area contributed by atoms with E-state index in [1.165, 1.54) is 32.1 Å². The second-order valence-corrected chi connectivity index (χ2v) is 18.8. The van der Waals surface area contributed by atoms with E-state index in [9.17, 15) is 0 Å². The van der Waals surface area contributed by atoms with E-state index in [-0.39, 0.29) is 11.1 Å². The summed E-state index contributed by atoms with van der Waals surface area (Å²) in [7, 11) is -3.43. The summed E-state index contributed by atoms with van der Waals surface area (Å²) in [6, 6.07) is 0. The highest BCUT2D eigenvalue weighted by Gasteiger charge is 2.42. The molecule has 4 heteroatoms. The average molecular weight is 357 g/mol. The zero-order valence-electron chi connectivity index (χ0n) is 17.1. The Balaban J connectivity index is 3.06. The van der Waals surface area contributed by atoms with Gasteiger partial charge in [0, 0.05) is 0 Å². The van der Waals surface area contributed by atoms with Crippen molar-refractivity contribution >= 4 is 16.6 Å². The third-order valence-electron chi connectivity index (χ3n) is 5.29. The van der Waals surface area contributed by atoms with E-state index in [0.29, 0.717) is 5.92 Å². The van der Waals surface area contributed by atoms with Crippen LogP contribution in [0.1, 0.15) is 59.8 Å². The lowest BCUT2D eigenvalue weighted by molar-refractivity contribution is 0.0884. The summed E-state index contributed by atoms with van der Waals surface area (Å²) < 4.78 is 13.4. The van der Waals surface area contributed by atoms with Crippen LogP contribution >= 0.6 is 0 Å². The molecule has 0 unspecified atom stereocenters. The van der Waals surface area contributed by atoms with Gasteiger partial charge in [-0.1, -0.05) is 40.0 Å². The number of hydrogen-bond donors (Lipinski definition) is 0. The first kappa shape index (κ1) is 21.0. The van der Waals surface area contributed by atoms with Gasteiger partial charge < -0.3 is 8.85 Å². The van der Waals surface area contributed by atoms with Crippen LogP contribution in [0.5, 0.6) is 0 Å². The van der Waals surface area contributed by atoms with E-state index in [2.05, 4.69) is 66.5 Å². The quantitative estimate of drug-likeness (QED) is 0.389. The molecule has 0 aromatic rings. The Morgan fingerprint density at radius 3 is 1.91 bits per heavy atom. The maximum Gasteiger partial charge on any atom is 0.241 e. The van der Waals surface area contributed by atoms with E-state index >= 15 is 0 Å². The molecule has 0 aromatic heterocycles. The Kier molecular flexibility index (Phi) is 7.18. The van der Waals surface area contributed by atoms with Crippen molar-refractivity contribution in [3.63, 3.8) is 0 Å². The molecule has 23 heavy (non-hydrogen) atoms. The van der Waals surface area contributed by atoms with Crippen molar-refractivity contribution in [1.82, 2.24) is 0 Å². The molecular formula is C19H40O2Si2. The maximum atomic E-state index is 6.91. The lowest BCUT2D eigenvalue weighted by Crippen LogP contribution is -2.47. The third kappa shape index (κ3) is 6.39. The van der Waals surface area contributed by atoms with Gasteiger partial charge in [0.2, 0.25) is 8.32 Å². The molecule has 0 aromatic carbocycles. The van der Waals surface area contributed by atoms with Crippen molar-refractivity contribution in [3.05, 3.63) is 11.8 Å². The fourth-order valence-corrected chi connectivity index (χ4v) is 5.19. The van der Waals surface area contributed by atoms with Crippen molar-refractivity contribution in [3.8, 4) is 0 Å². The van der Waals surface area contributed by atoms with Gasteiger partial charge in [-0.05, 0) is 69.5 Å². The van der Waals surface area contributed by atoms with Gasteiger partial charge in [-0.25, -0.2) is 0 Å². The van der Waals surface area contributed by atoms with Gasteiger partial charge in [0.15, 0.2) is 8.32 Å². The van der Waals surface area contributed by atoms with Crippen LogP contribution in [0.25, 0.3) is 0 Å². The van der Waals surface area contributed by atoms with E-state index in [1.807, 2.05) is 0 Å². The topological polar surface area (TPSA) is 18.5 Å². The van der Waals surface area contributed by atoms with Crippen LogP contribution in [-0.2, 0) is 8.85 Å². The maximum absolute atomic E-state index is 6.91. The van der Waals surface area contributed by atoms with Gasteiger partial charge in [0.1, 0.15) is 11.9 Å². The average Bonchev–Trinajstić information content (AvgIpc) is 2.41. The van der Waals surface area contributed by atoms with Crippen LogP contribution in [0.4, 0.5) is 0 Å². The summed E-state index contributed by atoms with van der Waals surface area (Å²) in [6.45, 7) is 20.6. The van der Waals surface area contributed by atoms with Gasteiger partial charge >= 0.3 is 0 Å². The zero-order valence-corrected chi connectivity index (χ0v) is 19.1. The molecule has 0 spiro atoms. The molecule has 0 radical (unpaired) electrons. The van der Waals surface area contributed by atoms with Crippen molar-refractivity contribution in [2.24, 2.45) is 5.92 Å². The zero-order chi connectivity index (χ0) is 17.9. The lowest BCUT2D eigenvalue weighted by Gasteiger charge is -2.43. The highest BCUT2D eigenvalue weighted by atomic mass is 28.4. The summed E-state index contributed by atoms with van der Waals surface area (Å²) in [6.07, 6.45) is 8.96. The Hall–Kier alpha value is -0.0662. The Morgan fingerprint density at radius 1 is 1.00 bits per heavy atom. The predicted molar refractivity (Wildman–Crippen MR) is 107 cm³/mol. The first-order valence-corrected chi connectivity index (χ1v) is 15.7. The Bertz CT molecular complexity index is 397. The van der Waals surface area contributed by atoms with Gasteiger partial charge in [-0.15, -0.1) is 0 Å². The summed E-state index contributed by atoms with van der Waals surface area (Å²) in [5.41, 5.74) is 0. The number of allylic oxidation sites excluding steroid dienone is 1. The van der Waals surface area contributed by atoms with Crippen LogP contribution in [0.2, 0.25) is 37.8 Å². The minimum absolute atomic E-state index is 0.160. The van der Waals surface area contributed by atoms with Crippen LogP contribution in [-0.4, -0.2) is 22.7 Å². The van der Waals surface area contributed by atoms with Crippen LogP contribution in [0, 0.1) is 5.92 Å². The van der Waals surface area contributed by atoms with E-state index in [0.717, 1.165) is 5.76 Å². The summed E-state index contributed by atoms with van der Waals surface area (Å²) in [4.78, 5) is 0. The Morgan fingerprint density at radius 2 is 1.52 bits per heavy atom. The first-order valence-electron chi connectivity index (χ1n) is 9.40. The second-order valence-electron chi connectivity index (χ2n) is 9.60. The monoisotopic (exact) mass is 356 g/mol. The molecule has 1 saturated carbocycles. The fraction of sp³-hybridized carbons (Fsp3) is 0.895. The van der Waals surface area contributed by atoms with Gasteiger partial charge in [-0.2, -0.15) is 0 Å². The summed E-state index contributed by atoms with van der Waals surface area (Å²) in [5, 5.41) is 0.234. The minimum Gasteiger partial charge on any atom is -0.546 e. The number of rotatable bonds is 6. The molecular weight excluding hydrogens is 316 g/mol. The molecule has 0 bridgehead atoms. The van der Waals surface area contributed by atoms with Crippen LogP contribution in [0.3, 0.4) is 0 Å². The fourth-order valence-electron chi connectivity index (χ4n) is 2.95. The molecule has 0 aliphatic heterocycles. The summed E-state index contributed by atoms with van der Waals surface area (Å²) >= 11 is 0. The molecule has 2 nitrogen and oxygen atoms in total. The van der Waals surface area contributed by atoms with Gasteiger partial charge in [-0.3, -0.25) is 0 Å². The SMILES string of the molecule is C/C=C(\O[Si](C)(C)C)[C@H](O[Si](C)(C)C(C)(C)C)C1CCCCC1. The normalized spacial score (nSPS) is 20.5. The van der Waals surface area contributed by atoms with E-state index < -0.39 is 16.6 Å². The molecule has 0 saturated heterocycles. The van der Waals surface area contributed by atoms with Crippen molar-refractivity contribution in [2.75, 3.05) is 0 Å². The third-order valence-corrected chi connectivity index (χ3v) is 10.6. The smallest absolute Gasteiger partial charge is 0.241 e. The molecule has 1 fully saturated rings. The van der Waals surface area contributed by atoms with E-state index in [1.54, 1.807) is 0 Å². The number of hydrogen-bond acceptors (Lipinski definition) is 2. The van der Waals surface area contributed by atoms with Crippen LogP contribution < -0.4 is 0 Å². The first-order chi connectivity index (χ1) is 10.4. The molecule has 0 heterocycles.